The molecule has 0 saturated carbocycles. The van der Waals surface area contributed by atoms with Gasteiger partial charge in [-0.05, 0) is 37.3 Å². The van der Waals surface area contributed by atoms with Crippen molar-refractivity contribution in [3.8, 4) is 0 Å². The van der Waals surface area contributed by atoms with Crippen LogP contribution in [0.1, 0.15) is 38.7 Å². The van der Waals surface area contributed by atoms with Gasteiger partial charge in [-0.2, -0.15) is 0 Å². The van der Waals surface area contributed by atoms with Gasteiger partial charge in [0.15, 0.2) is 0 Å². The van der Waals surface area contributed by atoms with Crippen LogP contribution in [0.4, 0.5) is 5.69 Å². The summed E-state index contributed by atoms with van der Waals surface area (Å²) >= 11 is 8.00. The van der Waals surface area contributed by atoms with Crippen LogP contribution in [0.25, 0.3) is 0 Å². The quantitative estimate of drug-likeness (QED) is 0.542. The van der Waals surface area contributed by atoms with Gasteiger partial charge >= 0.3 is 0 Å². The number of hydrogen-bond acceptors (Lipinski definition) is 5. The van der Waals surface area contributed by atoms with Crippen LogP contribution in [0.15, 0.2) is 18.2 Å². The molecule has 3 saturated heterocycles. The van der Waals surface area contributed by atoms with Crippen LogP contribution < -0.4 is 10.6 Å². The van der Waals surface area contributed by atoms with E-state index in [2.05, 4.69) is 10.6 Å². The molecule has 0 aliphatic carbocycles. The SMILES string of the molecule is CC[C@H](C)[C@H](CO)N1C(=O)[C@@H]2[C@@H](C(=O)NC)[C@H]3CCC2(S3)C1C(=O)Nc1c(C)cccc1Cl. The van der Waals surface area contributed by atoms with Crippen molar-refractivity contribution in [1.29, 1.82) is 0 Å². The molecule has 3 aliphatic heterocycles. The molecule has 0 radical (unpaired) electrons. The number of benzene rings is 1. The number of likely N-dealkylation sites (tertiary alicyclic amines) is 1. The molecule has 4 rings (SSSR count). The number of halogens is 1. The van der Waals surface area contributed by atoms with Crippen molar-refractivity contribution < 1.29 is 19.5 Å². The van der Waals surface area contributed by atoms with Crippen molar-refractivity contribution in [3.63, 3.8) is 0 Å². The van der Waals surface area contributed by atoms with Crippen molar-refractivity contribution in [3.05, 3.63) is 28.8 Å². The minimum Gasteiger partial charge on any atom is -0.394 e. The fraction of sp³-hybridized carbons (Fsp3) is 0.625. The number of carbonyl (C=O) groups excluding carboxylic acids is 3. The number of carbonyl (C=O) groups is 3. The highest BCUT2D eigenvalue weighted by atomic mass is 35.5. The van der Waals surface area contributed by atoms with Crippen molar-refractivity contribution in [2.24, 2.45) is 17.8 Å². The lowest BCUT2D eigenvalue weighted by molar-refractivity contribution is -0.143. The van der Waals surface area contributed by atoms with Crippen LogP contribution in [0.2, 0.25) is 5.02 Å². The molecule has 2 unspecified atom stereocenters. The number of aliphatic hydroxyl groups is 1. The number of para-hydroxylation sites is 1. The Balaban J connectivity index is 1.80. The normalized spacial score (nSPS) is 31.9. The number of nitrogens with zero attached hydrogens (tertiary/aromatic N) is 1. The van der Waals surface area contributed by atoms with Gasteiger partial charge in [0.05, 0.1) is 39.9 Å². The first-order chi connectivity index (χ1) is 15.7. The first-order valence-corrected chi connectivity index (χ1v) is 12.9. The van der Waals surface area contributed by atoms with E-state index in [1.54, 1.807) is 29.8 Å². The van der Waals surface area contributed by atoms with Gasteiger partial charge in [0, 0.05) is 12.3 Å². The predicted molar refractivity (Wildman–Crippen MR) is 130 cm³/mol. The maximum atomic E-state index is 13.9. The zero-order chi connectivity index (χ0) is 24.1. The summed E-state index contributed by atoms with van der Waals surface area (Å²) in [5, 5.41) is 16.5. The van der Waals surface area contributed by atoms with Gasteiger partial charge < -0.3 is 20.6 Å². The van der Waals surface area contributed by atoms with E-state index in [4.69, 9.17) is 11.6 Å². The molecular weight excluding hydrogens is 462 g/mol. The molecule has 3 aliphatic rings. The molecule has 7 nitrogen and oxygen atoms in total. The highest BCUT2D eigenvalue weighted by Gasteiger charge is 2.74. The number of anilines is 1. The molecule has 1 spiro atoms. The number of fused-ring (bicyclic) bond motifs is 1. The number of thioether (sulfide) groups is 1. The lowest BCUT2D eigenvalue weighted by Crippen LogP contribution is -2.56. The molecule has 180 valence electrons. The van der Waals surface area contributed by atoms with E-state index in [0.29, 0.717) is 17.1 Å². The predicted octanol–water partition coefficient (Wildman–Crippen LogP) is 2.83. The van der Waals surface area contributed by atoms with E-state index in [9.17, 15) is 19.5 Å². The van der Waals surface area contributed by atoms with Crippen LogP contribution in [0.5, 0.6) is 0 Å². The minimum atomic E-state index is -0.790. The van der Waals surface area contributed by atoms with E-state index in [1.807, 2.05) is 32.9 Å². The van der Waals surface area contributed by atoms with E-state index < -0.39 is 28.7 Å². The molecule has 9 heteroatoms. The van der Waals surface area contributed by atoms with Gasteiger partial charge in [-0.25, -0.2) is 0 Å². The van der Waals surface area contributed by atoms with Crippen molar-refractivity contribution in [2.75, 3.05) is 19.0 Å². The van der Waals surface area contributed by atoms with Crippen LogP contribution in [-0.4, -0.2) is 63.5 Å². The van der Waals surface area contributed by atoms with Gasteiger partial charge in [-0.15, -0.1) is 11.8 Å². The van der Waals surface area contributed by atoms with Gasteiger partial charge in [0.2, 0.25) is 17.7 Å². The number of aliphatic hydroxyl groups excluding tert-OH is 1. The van der Waals surface area contributed by atoms with Crippen LogP contribution >= 0.6 is 23.4 Å². The maximum absolute atomic E-state index is 13.9. The molecular formula is C24H32ClN3O4S. The average Bonchev–Trinajstić information content (AvgIpc) is 3.44. The zero-order valence-corrected chi connectivity index (χ0v) is 21.0. The molecule has 33 heavy (non-hydrogen) atoms. The van der Waals surface area contributed by atoms with Crippen LogP contribution in [0, 0.1) is 24.7 Å². The zero-order valence-electron chi connectivity index (χ0n) is 19.4. The van der Waals surface area contributed by atoms with Gasteiger partial charge in [-0.1, -0.05) is 44.0 Å². The monoisotopic (exact) mass is 493 g/mol. The third kappa shape index (κ3) is 3.65. The van der Waals surface area contributed by atoms with Crippen LogP contribution in [0.3, 0.4) is 0 Å². The maximum Gasteiger partial charge on any atom is 0.248 e. The van der Waals surface area contributed by atoms with E-state index in [0.717, 1.165) is 18.4 Å². The summed E-state index contributed by atoms with van der Waals surface area (Å²) in [5.74, 6) is -1.72. The summed E-state index contributed by atoms with van der Waals surface area (Å²) in [4.78, 5) is 42.3. The Kier molecular flexibility index (Phi) is 6.73. The largest absolute Gasteiger partial charge is 0.394 e. The molecule has 0 aromatic heterocycles. The molecule has 3 N–H and O–H groups in total. The summed E-state index contributed by atoms with van der Waals surface area (Å²) in [5.41, 5.74) is 1.36. The number of aryl methyl sites for hydroxylation is 1. The molecule has 1 aromatic rings. The van der Waals surface area contributed by atoms with Crippen molar-refractivity contribution in [1.82, 2.24) is 10.2 Å². The Morgan fingerprint density at radius 3 is 2.70 bits per heavy atom. The summed E-state index contributed by atoms with van der Waals surface area (Å²) < 4.78 is -0.695. The highest BCUT2D eigenvalue weighted by Crippen LogP contribution is 2.66. The third-order valence-electron chi connectivity index (χ3n) is 7.85. The minimum absolute atomic E-state index is 0.00724. The van der Waals surface area contributed by atoms with E-state index in [1.165, 1.54) is 0 Å². The standard InChI is InChI=1S/C24H32ClN3O4S/c1-5-12(2)15(11-29)28-20(22(31)27-19-13(3)7-6-8-14(19)25)24-10-9-16(33-24)17(21(30)26-4)18(24)23(28)32/h6-8,12,15-18,20,29H,5,9-11H2,1-4H3,(H,26,30)(H,27,31)/t12-,15-,16+,17-,18-,20?,24?/m0/s1. The Morgan fingerprint density at radius 2 is 2.09 bits per heavy atom. The Bertz CT molecular complexity index is 955. The summed E-state index contributed by atoms with van der Waals surface area (Å²) in [7, 11) is 1.59. The van der Waals surface area contributed by atoms with E-state index >= 15 is 0 Å². The van der Waals surface area contributed by atoms with Gasteiger partial charge in [0.25, 0.3) is 0 Å². The Labute approximate surface area is 204 Å². The third-order valence-corrected chi connectivity index (χ3v) is 10.1. The van der Waals surface area contributed by atoms with Gasteiger partial charge in [-0.3, -0.25) is 14.4 Å². The summed E-state index contributed by atoms with van der Waals surface area (Å²) in [6, 6.07) is 4.11. The number of hydrogen-bond donors (Lipinski definition) is 3. The first kappa shape index (κ1) is 24.4. The molecule has 3 fully saturated rings. The number of nitrogens with one attached hydrogen (secondary N) is 2. The Morgan fingerprint density at radius 1 is 1.36 bits per heavy atom. The smallest absolute Gasteiger partial charge is 0.248 e. The fourth-order valence-electron chi connectivity index (χ4n) is 6.01. The first-order valence-electron chi connectivity index (χ1n) is 11.6. The summed E-state index contributed by atoms with van der Waals surface area (Å²) in [6.07, 6.45) is 2.21. The highest BCUT2D eigenvalue weighted by molar-refractivity contribution is 8.02. The van der Waals surface area contributed by atoms with Gasteiger partial charge in [0.1, 0.15) is 6.04 Å². The van der Waals surface area contributed by atoms with E-state index in [-0.39, 0.29) is 35.5 Å². The topological polar surface area (TPSA) is 98.7 Å². The fourth-order valence-corrected chi connectivity index (χ4v) is 8.49. The molecule has 3 heterocycles. The molecule has 1 aromatic carbocycles. The average molecular weight is 494 g/mol. The van der Waals surface area contributed by atoms with Crippen LogP contribution in [-0.2, 0) is 14.4 Å². The number of rotatable bonds is 7. The number of amides is 3. The van der Waals surface area contributed by atoms with Crippen molar-refractivity contribution >= 4 is 46.8 Å². The molecule has 3 amide bonds. The lowest BCUT2D eigenvalue weighted by atomic mass is 9.70. The second kappa shape index (κ2) is 9.12. The Hall–Kier alpha value is -1.77. The second-order valence-electron chi connectivity index (χ2n) is 9.47. The second-order valence-corrected chi connectivity index (χ2v) is 11.5. The molecule has 2 bridgehead atoms. The molecule has 7 atom stereocenters. The lowest BCUT2D eigenvalue weighted by Gasteiger charge is -2.39. The van der Waals surface area contributed by atoms with Crippen molar-refractivity contribution in [2.45, 2.75) is 62.1 Å². The summed E-state index contributed by atoms with van der Waals surface area (Å²) in [6.45, 7) is 5.61.